The molecule has 0 aliphatic rings. The largest absolute Gasteiger partial charge is 0.462 e. The number of hydrogen-bond acceptors (Lipinski definition) is 6. The minimum absolute atomic E-state index is 0.101. The predicted molar refractivity (Wildman–Crippen MR) is 361 cm³/mol. The number of rotatable bonds is 59. The Bertz CT molecular complexity index is 1890. The highest BCUT2D eigenvalue weighted by molar-refractivity contribution is 5.71. The van der Waals surface area contributed by atoms with Crippen molar-refractivity contribution in [3.05, 3.63) is 170 Å². The molecule has 6 nitrogen and oxygen atoms in total. The SMILES string of the molecule is CC/C=C\C/C=C\C/C=C\C/C=C\C/C=C\C/C=C\C/C=C\C/C=C\CCCCCCCCCCCCC(=O)OCC(COC(=O)CCCCCCCCCCC)OC(=O)CCCC/C=C\C/C=C\C/C=C\C/C=C\C/C=C\C/C=C\CC. The van der Waals surface area contributed by atoms with Crippen molar-refractivity contribution in [2.75, 3.05) is 13.2 Å². The van der Waals surface area contributed by atoms with Gasteiger partial charge in [-0.05, 0) is 135 Å². The monoisotopic (exact) mass is 1140 g/mol. The van der Waals surface area contributed by atoms with Crippen LogP contribution in [-0.4, -0.2) is 37.2 Å². The van der Waals surface area contributed by atoms with Crippen LogP contribution in [0.4, 0.5) is 0 Å². The fraction of sp³-hybridized carbons (Fsp3) is 0.597. The second kappa shape index (κ2) is 69.3. The molecule has 466 valence electrons. The van der Waals surface area contributed by atoms with Crippen molar-refractivity contribution in [2.45, 2.75) is 284 Å². The van der Waals surface area contributed by atoms with Crippen LogP contribution in [0.15, 0.2) is 170 Å². The Labute approximate surface area is 511 Å². The molecule has 0 aromatic carbocycles. The molecule has 0 amide bonds. The molecule has 0 saturated carbocycles. The van der Waals surface area contributed by atoms with Gasteiger partial charge in [0.25, 0.3) is 0 Å². The van der Waals surface area contributed by atoms with Crippen LogP contribution in [0, 0.1) is 0 Å². The molecule has 0 fully saturated rings. The Kier molecular flexibility index (Phi) is 64.9. The van der Waals surface area contributed by atoms with Crippen molar-refractivity contribution in [1.82, 2.24) is 0 Å². The van der Waals surface area contributed by atoms with E-state index in [2.05, 4.69) is 191 Å². The summed E-state index contributed by atoms with van der Waals surface area (Å²) < 4.78 is 16.8. The molecule has 0 heterocycles. The molecule has 6 heteroatoms. The summed E-state index contributed by atoms with van der Waals surface area (Å²) in [4.78, 5) is 38.2. The first-order valence-corrected chi connectivity index (χ1v) is 33.6. The Balaban J connectivity index is 4.25. The zero-order valence-electron chi connectivity index (χ0n) is 53.4. The van der Waals surface area contributed by atoms with Gasteiger partial charge in [-0.1, -0.05) is 294 Å². The third-order valence-corrected chi connectivity index (χ3v) is 13.7. The van der Waals surface area contributed by atoms with Gasteiger partial charge in [0.2, 0.25) is 0 Å². The van der Waals surface area contributed by atoms with Crippen molar-refractivity contribution in [3.8, 4) is 0 Å². The van der Waals surface area contributed by atoms with Gasteiger partial charge in [-0.15, -0.1) is 0 Å². The van der Waals surface area contributed by atoms with Gasteiger partial charge in [0.05, 0.1) is 0 Å². The first-order valence-electron chi connectivity index (χ1n) is 33.6. The van der Waals surface area contributed by atoms with Gasteiger partial charge in [-0.25, -0.2) is 0 Å². The van der Waals surface area contributed by atoms with E-state index >= 15 is 0 Å². The summed E-state index contributed by atoms with van der Waals surface area (Å²) in [7, 11) is 0. The topological polar surface area (TPSA) is 78.9 Å². The average Bonchev–Trinajstić information content (AvgIpc) is 3.49. The zero-order valence-corrected chi connectivity index (χ0v) is 53.4. The molecule has 0 aromatic heterocycles. The summed E-state index contributed by atoms with van der Waals surface area (Å²) in [5.74, 6) is -0.955. The Morgan fingerprint density at radius 3 is 0.759 bits per heavy atom. The van der Waals surface area contributed by atoms with Crippen molar-refractivity contribution >= 4 is 17.9 Å². The van der Waals surface area contributed by atoms with Crippen molar-refractivity contribution in [2.24, 2.45) is 0 Å². The average molecular weight is 1140 g/mol. The van der Waals surface area contributed by atoms with Crippen LogP contribution in [0.2, 0.25) is 0 Å². The molecular weight excluding hydrogens is 1020 g/mol. The number of unbranched alkanes of at least 4 members (excludes halogenated alkanes) is 20. The summed E-state index contributed by atoms with van der Waals surface area (Å²) in [5, 5.41) is 0. The summed E-state index contributed by atoms with van der Waals surface area (Å²) >= 11 is 0. The first-order chi connectivity index (χ1) is 41.0. The maximum atomic E-state index is 12.9. The van der Waals surface area contributed by atoms with E-state index in [0.717, 1.165) is 148 Å². The molecule has 83 heavy (non-hydrogen) atoms. The maximum Gasteiger partial charge on any atom is 0.306 e. The van der Waals surface area contributed by atoms with Gasteiger partial charge in [0.1, 0.15) is 13.2 Å². The lowest BCUT2D eigenvalue weighted by Gasteiger charge is -2.18. The third-order valence-electron chi connectivity index (χ3n) is 13.7. The van der Waals surface area contributed by atoms with E-state index in [1.54, 1.807) is 0 Å². The summed E-state index contributed by atoms with van der Waals surface area (Å²) in [6.07, 6.45) is 102. The molecule has 1 atom stereocenters. The van der Waals surface area contributed by atoms with E-state index in [-0.39, 0.29) is 37.5 Å². The third kappa shape index (κ3) is 67.4. The molecule has 0 aromatic rings. The molecule has 0 radical (unpaired) electrons. The van der Waals surface area contributed by atoms with Crippen LogP contribution in [0.5, 0.6) is 0 Å². The van der Waals surface area contributed by atoms with Gasteiger partial charge >= 0.3 is 17.9 Å². The van der Waals surface area contributed by atoms with E-state index in [4.69, 9.17) is 14.2 Å². The van der Waals surface area contributed by atoms with Crippen LogP contribution < -0.4 is 0 Å². The van der Waals surface area contributed by atoms with Crippen molar-refractivity contribution in [3.63, 3.8) is 0 Å². The highest BCUT2D eigenvalue weighted by atomic mass is 16.6. The van der Waals surface area contributed by atoms with Gasteiger partial charge in [0.15, 0.2) is 6.10 Å². The molecule has 0 rings (SSSR count). The van der Waals surface area contributed by atoms with Crippen LogP contribution >= 0.6 is 0 Å². The second-order valence-electron chi connectivity index (χ2n) is 21.6. The molecule has 0 aliphatic carbocycles. The number of esters is 3. The second-order valence-corrected chi connectivity index (χ2v) is 21.6. The van der Waals surface area contributed by atoms with Gasteiger partial charge in [0, 0.05) is 19.3 Å². The lowest BCUT2D eigenvalue weighted by atomic mass is 10.1. The number of carbonyl (C=O) groups excluding carboxylic acids is 3. The fourth-order valence-corrected chi connectivity index (χ4v) is 8.76. The molecule has 0 saturated heterocycles. The van der Waals surface area contributed by atoms with Gasteiger partial charge in [-0.3, -0.25) is 14.4 Å². The van der Waals surface area contributed by atoms with E-state index in [1.165, 1.54) is 83.5 Å². The number of carbonyl (C=O) groups is 3. The first kappa shape index (κ1) is 77.8. The summed E-state index contributed by atoms with van der Waals surface area (Å²) in [6.45, 7) is 6.35. The lowest BCUT2D eigenvalue weighted by molar-refractivity contribution is -0.167. The van der Waals surface area contributed by atoms with Crippen LogP contribution in [-0.2, 0) is 28.6 Å². The predicted octanol–water partition coefficient (Wildman–Crippen LogP) is 23.4. The summed E-state index contributed by atoms with van der Waals surface area (Å²) in [5.41, 5.74) is 0. The van der Waals surface area contributed by atoms with E-state index in [0.29, 0.717) is 19.3 Å². The molecule has 0 spiro atoms. The van der Waals surface area contributed by atoms with E-state index in [1.807, 2.05) is 0 Å². The molecule has 1 unspecified atom stereocenters. The zero-order chi connectivity index (χ0) is 59.9. The van der Waals surface area contributed by atoms with Gasteiger partial charge in [-0.2, -0.15) is 0 Å². The van der Waals surface area contributed by atoms with Crippen molar-refractivity contribution in [1.29, 1.82) is 0 Å². The van der Waals surface area contributed by atoms with Crippen LogP contribution in [0.1, 0.15) is 278 Å². The number of hydrogen-bond donors (Lipinski definition) is 0. The highest BCUT2D eigenvalue weighted by Gasteiger charge is 2.19. The smallest absolute Gasteiger partial charge is 0.306 e. The number of allylic oxidation sites excluding steroid dienone is 28. The van der Waals surface area contributed by atoms with Crippen LogP contribution in [0.3, 0.4) is 0 Å². The highest BCUT2D eigenvalue weighted by Crippen LogP contribution is 2.15. The maximum absolute atomic E-state index is 12.9. The minimum atomic E-state index is -0.809. The van der Waals surface area contributed by atoms with Crippen molar-refractivity contribution < 1.29 is 28.6 Å². The number of ether oxygens (including phenoxy) is 3. The minimum Gasteiger partial charge on any atom is -0.462 e. The van der Waals surface area contributed by atoms with Crippen LogP contribution in [0.25, 0.3) is 0 Å². The Morgan fingerprint density at radius 1 is 0.253 bits per heavy atom. The quantitative estimate of drug-likeness (QED) is 0.0261. The Hall–Kier alpha value is -5.23. The standard InChI is InChI=1S/C77H122O6/c1-4-7-10-13-16-19-21-23-25-27-29-31-32-33-34-35-36-37-38-39-40-41-42-43-44-46-47-49-51-53-55-58-61-64-67-70-76(79)82-73-74(72-81-75(78)69-66-63-60-57-18-15-12-9-6-3)83-77(80)71-68-65-62-59-56-54-52-50-48-45-30-28-26-24-22-20-17-14-11-8-5-2/h7-8,10-11,16-17,19-20,23-26,29-31,33-34,36-37,39-40,42-43,45,50,52,56,59,74H,4-6,9,12-15,18,21-22,27-28,32,35,38,41,44,46-49,51,53-55,57-58,60-73H2,1-3H3/b10-7-,11-8-,19-16-,20-17-,25-23-,26-24-,31-29-,34-33-,37-36-,40-39-,43-42-,45-30-,52-50-,59-56-. The Morgan fingerprint density at radius 2 is 0.470 bits per heavy atom. The fourth-order valence-electron chi connectivity index (χ4n) is 8.76. The van der Waals surface area contributed by atoms with Gasteiger partial charge < -0.3 is 14.2 Å². The molecule has 0 aliphatic heterocycles. The molecular formula is C77H122O6. The normalized spacial score (nSPS) is 13.2. The lowest BCUT2D eigenvalue weighted by Crippen LogP contribution is -2.30. The van der Waals surface area contributed by atoms with E-state index < -0.39 is 6.10 Å². The van der Waals surface area contributed by atoms with E-state index in [9.17, 15) is 14.4 Å². The summed E-state index contributed by atoms with van der Waals surface area (Å²) in [6, 6.07) is 0. The molecule has 0 N–H and O–H groups in total. The molecule has 0 bridgehead atoms.